The lowest BCUT2D eigenvalue weighted by molar-refractivity contribution is -0.141. The summed E-state index contributed by atoms with van der Waals surface area (Å²) in [7, 11) is 1.99. The minimum absolute atomic E-state index is 0.267. The molecule has 1 aliphatic heterocycles. The van der Waals surface area contributed by atoms with E-state index in [1.54, 1.807) is 0 Å². The Balaban J connectivity index is 2.34. The summed E-state index contributed by atoms with van der Waals surface area (Å²) in [5.41, 5.74) is 0. The lowest BCUT2D eigenvalue weighted by Crippen LogP contribution is -2.47. The number of urea groups is 1. The molecule has 1 unspecified atom stereocenters. The number of rotatable bonds is 5. The van der Waals surface area contributed by atoms with Crippen LogP contribution in [0.25, 0.3) is 0 Å². The van der Waals surface area contributed by atoms with Gasteiger partial charge >= 0.3 is 12.0 Å². The highest BCUT2D eigenvalue weighted by atomic mass is 16.4. The van der Waals surface area contributed by atoms with Crippen molar-refractivity contribution < 1.29 is 14.7 Å². The molecule has 1 fully saturated rings. The molecule has 0 saturated carbocycles. The standard InChI is InChI=1S/C12H23N3O3/c1-9(2)14(3)8-6-13-12(18)15-7-4-5-10(15)11(16)17/h9-10H,4-8H2,1-3H3,(H,13,18)(H,16,17). The predicted molar refractivity (Wildman–Crippen MR) is 68.5 cm³/mol. The van der Waals surface area contributed by atoms with E-state index in [9.17, 15) is 9.59 Å². The normalized spacial score (nSPS) is 19.6. The van der Waals surface area contributed by atoms with Gasteiger partial charge in [0, 0.05) is 25.7 Å². The summed E-state index contributed by atoms with van der Waals surface area (Å²) in [6.45, 7) is 6.00. The van der Waals surface area contributed by atoms with Crippen molar-refractivity contribution in [2.75, 3.05) is 26.7 Å². The molecule has 18 heavy (non-hydrogen) atoms. The molecular weight excluding hydrogens is 234 g/mol. The van der Waals surface area contributed by atoms with Crippen LogP contribution in [0.4, 0.5) is 4.79 Å². The van der Waals surface area contributed by atoms with Crippen molar-refractivity contribution in [3.05, 3.63) is 0 Å². The quantitative estimate of drug-likeness (QED) is 0.756. The number of aliphatic carboxylic acids is 1. The number of likely N-dealkylation sites (N-methyl/N-ethyl adjacent to an activating group) is 1. The molecule has 0 spiro atoms. The van der Waals surface area contributed by atoms with Crippen LogP contribution in [0.1, 0.15) is 26.7 Å². The lowest BCUT2D eigenvalue weighted by Gasteiger charge is -2.24. The van der Waals surface area contributed by atoms with Crippen LogP contribution in [-0.2, 0) is 4.79 Å². The van der Waals surface area contributed by atoms with Gasteiger partial charge in [0.15, 0.2) is 0 Å². The Morgan fingerprint density at radius 1 is 1.50 bits per heavy atom. The molecule has 0 aromatic heterocycles. The van der Waals surface area contributed by atoms with Gasteiger partial charge in [-0.2, -0.15) is 0 Å². The first kappa shape index (κ1) is 14.8. The summed E-state index contributed by atoms with van der Waals surface area (Å²) < 4.78 is 0. The number of amides is 2. The van der Waals surface area contributed by atoms with Crippen LogP contribution >= 0.6 is 0 Å². The third kappa shape index (κ3) is 3.87. The second kappa shape index (κ2) is 6.58. The first-order valence-electron chi connectivity index (χ1n) is 6.41. The van der Waals surface area contributed by atoms with Crippen LogP contribution in [0.5, 0.6) is 0 Å². The van der Waals surface area contributed by atoms with Gasteiger partial charge in [-0.1, -0.05) is 0 Å². The first-order chi connectivity index (χ1) is 8.43. The van der Waals surface area contributed by atoms with E-state index in [2.05, 4.69) is 24.1 Å². The zero-order valence-electron chi connectivity index (χ0n) is 11.3. The fraction of sp³-hybridized carbons (Fsp3) is 0.833. The summed E-state index contributed by atoms with van der Waals surface area (Å²) in [5, 5.41) is 11.8. The van der Waals surface area contributed by atoms with Gasteiger partial charge in [-0.05, 0) is 33.7 Å². The van der Waals surface area contributed by atoms with Gasteiger partial charge in [0.25, 0.3) is 0 Å². The predicted octanol–water partition coefficient (Wildman–Crippen LogP) is 0.585. The van der Waals surface area contributed by atoms with Crippen LogP contribution in [0, 0.1) is 0 Å². The van der Waals surface area contributed by atoms with Crippen LogP contribution in [0.2, 0.25) is 0 Å². The average molecular weight is 257 g/mol. The van der Waals surface area contributed by atoms with E-state index in [1.807, 2.05) is 7.05 Å². The van der Waals surface area contributed by atoms with E-state index >= 15 is 0 Å². The second-order valence-corrected chi connectivity index (χ2v) is 5.00. The van der Waals surface area contributed by atoms with Gasteiger partial charge in [-0.3, -0.25) is 0 Å². The molecule has 1 rings (SSSR count). The summed E-state index contributed by atoms with van der Waals surface area (Å²) in [5.74, 6) is -0.915. The van der Waals surface area contributed by atoms with E-state index < -0.39 is 12.0 Å². The Bertz CT molecular complexity index is 307. The zero-order valence-corrected chi connectivity index (χ0v) is 11.3. The number of carbonyl (C=O) groups excluding carboxylic acids is 1. The fourth-order valence-electron chi connectivity index (χ4n) is 1.97. The molecule has 0 radical (unpaired) electrons. The van der Waals surface area contributed by atoms with Crippen molar-refractivity contribution >= 4 is 12.0 Å². The summed E-state index contributed by atoms with van der Waals surface area (Å²) >= 11 is 0. The molecule has 2 amide bonds. The smallest absolute Gasteiger partial charge is 0.326 e. The molecule has 1 atom stereocenters. The van der Waals surface area contributed by atoms with Crippen molar-refractivity contribution in [3.63, 3.8) is 0 Å². The molecule has 104 valence electrons. The van der Waals surface area contributed by atoms with Crippen molar-refractivity contribution in [2.24, 2.45) is 0 Å². The van der Waals surface area contributed by atoms with Crippen LogP contribution < -0.4 is 5.32 Å². The summed E-state index contributed by atoms with van der Waals surface area (Å²) in [6.07, 6.45) is 1.31. The highest BCUT2D eigenvalue weighted by Gasteiger charge is 2.33. The van der Waals surface area contributed by atoms with Gasteiger partial charge in [-0.25, -0.2) is 9.59 Å². The minimum Gasteiger partial charge on any atom is -0.480 e. The number of nitrogens with one attached hydrogen (secondary N) is 1. The molecule has 0 bridgehead atoms. The summed E-state index contributed by atoms with van der Waals surface area (Å²) in [4.78, 5) is 26.3. The second-order valence-electron chi connectivity index (χ2n) is 5.00. The molecule has 6 nitrogen and oxygen atoms in total. The largest absolute Gasteiger partial charge is 0.480 e. The molecule has 1 heterocycles. The molecule has 0 aliphatic carbocycles. The number of carbonyl (C=O) groups is 2. The van der Waals surface area contributed by atoms with Crippen LogP contribution in [0.15, 0.2) is 0 Å². The van der Waals surface area contributed by atoms with Crippen LogP contribution in [-0.4, -0.2) is 65.7 Å². The lowest BCUT2D eigenvalue weighted by atomic mass is 10.2. The number of carboxylic acid groups (broad SMARTS) is 1. The number of carboxylic acids is 1. The first-order valence-corrected chi connectivity index (χ1v) is 6.41. The van der Waals surface area contributed by atoms with Gasteiger partial charge in [0.05, 0.1) is 0 Å². The molecular formula is C12H23N3O3. The highest BCUT2D eigenvalue weighted by molar-refractivity contribution is 5.83. The number of likely N-dealkylation sites (tertiary alicyclic amines) is 1. The van der Waals surface area contributed by atoms with Gasteiger partial charge in [-0.15, -0.1) is 0 Å². The topological polar surface area (TPSA) is 72.9 Å². The number of nitrogens with zero attached hydrogens (tertiary/aromatic N) is 2. The highest BCUT2D eigenvalue weighted by Crippen LogP contribution is 2.17. The van der Waals surface area contributed by atoms with E-state index in [0.717, 1.165) is 13.0 Å². The molecule has 0 aromatic rings. The third-order valence-electron chi connectivity index (χ3n) is 3.42. The Morgan fingerprint density at radius 2 is 2.17 bits per heavy atom. The Labute approximate surface area is 108 Å². The maximum absolute atomic E-state index is 11.8. The number of hydrogen-bond acceptors (Lipinski definition) is 3. The third-order valence-corrected chi connectivity index (χ3v) is 3.42. The zero-order chi connectivity index (χ0) is 13.7. The SMILES string of the molecule is CC(C)N(C)CCNC(=O)N1CCCC1C(=O)O. The molecule has 0 aromatic carbocycles. The molecule has 1 saturated heterocycles. The van der Waals surface area contributed by atoms with Crippen molar-refractivity contribution in [3.8, 4) is 0 Å². The fourth-order valence-corrected chi connectivity index (χ4v) is 1.97. The minimum atomic E-state index is -0.915. The Morgan fingerprint density at radius 3 is 2.72 bits per heavy atom. The summed E-state index contributed by atoms with van der Waals surface area (Å²) in [6, 6.07) is -0.495. The maximum atomic E-state index is 11.8. The van der Waals surface area contributed by atoms with Crippen LogP contribution in [0.3, 0.4) is 0 Å². The van der Waals surface area contributed by atoms with E-state index in [4.69, 9.17) is 5.11 Å². The van der Waals surface area contributed by atoms with E-state index in [0.29, 0.717) is 25.6 Å². The van der Waals surface area contributed by atoms with Crippen molar-refractivity contribution in [1.82, 2.24) is 15.1 Å². The van der Waals surface area contributed by atoms with Gasteiger partial charge in [0.1, 0.15) is 6.04 Å². The maximum Gasteiger partial charge on any atom is 0.326 e. The van der Waals surface area contributed by atoms with Gasteiger partial charge < -0.3 is 20.2 Å². The molecule has 6 heteroatoms. The number of hydrogen-bond donors (Lipinski definition) is 2. The van der Waals surface area contributed by atoms with Crippen molar-refractivity contribution in [2.45, 2.75) is 38.8 Å². The monoisotopic (exact) mass is 257 g/mol. The molecule has 1 aliphatic rings. The average Bonchev–Trinajstić information content (AvgIpc) is 2.77. The van der Waals surface area contributed by atoms with Crippen molar-refractivity contribution in [1.29, 1.82) is 0 Å². The van der Waals surface area contributed by atoms with E-state index in [1.165, 1.54) is 4.90 Å². The Hall–Kier alpha value is -1.30. The van der Waals surface area contributed by atoms with E-state index in [-0.39, 0.29) is 6.03 Å². The molecule has 2 N–H and O–H groups in total. The Kier molecular flexibility index (Phi) is 5.40. The van der Waals surface area contributed by atoms with Gasteiger partial charge in [0.2, 0.25) is 0 Å².